The van der Waals surface area contributed by atoms with Crippen LogP contribution in [0.5, 0.6) is 0 Å². The first-order chi connectivity index (χ1) is 9.32. The van der Waals surface area contributed by atoms with Crippen molar-refractivity contribution in [1.82, 2.24) is 0 Å². The Morgan fingerprint density at radius 2 is 1.75 bits per heavy atom. The molecule has 0 unspecified atom stereocenters. The Balaban J connectivity index is 2.60. The summed E-state index contributed by atoms with van der Waals surface area (Å²) in [6.45, 7) is 1.57. The Labute approximate surface area is 119 Å². The van der Waals surface area contributed by atoms with Crippen molar-refractivity contribution in [2.24, 2.45) is 0 Å². The highest BCUT2D eigenvalue weighted by Crippen LogP contribution is 2.34. The smallest absolute Gasteiger partial charge is 0.298 e. The van der Waals surface area contributed by atoms with Crippen molar-refractivity contribution in [2.45, 2.75) is 13.1 Å². The number of hydrogen-bond donors (Lipinski definition) is 0. The van der Waals surface area contributed by atoms with Gasteiger partial charge in [-0.2, -0.15) is 13.2 Å². The summed E-state index contributed by atoms with van der Waals surface area (Å²) in [7, 11) is 0. The zero-order chi connectivity index (χ0) is 14.9. The lowest BCUT2D eigenvalue weighted by Gasteiger charge is -2.13. The molecule has 0 aliphatic heterocycles. The second kappa shape index (κ2) is 5.29. The van der Waals surface area contributed by atoms with Gasteiger partial charge in [0.1, 0.15) is 0 Å². The number of hydrogen-bond acceptors (Lipinski definition) is 1. The largest absolute Gasteiger partial charge is 0.416 e. The molecule has 0 saturated carbocycles. The van der Waals surface area contributed by atoms with Crippen LogP contribution in [-0.4, -0.2) is 6.29 Å². The minimum atomic E-state index is -4.38. The van der Waals surface area contributed by atoms with Crippen LogP contribution < -0.4 is 0 Å². The van der Waals surface area contributed by atoms with Gasteiger partial charge in [-0.15, -0.1) is 0 Å². The van der Waals surface area contributed by atoms with Crippen molar-refractivity contribution < 1.29 is 18.0 Å². The summed E-state index contributed by atoms with van der Waals surface area (Å²) in [5.74, 6) is 0. The monoisotopic (exact) mass is 298 g/mol. The number of alkyl halides is 3. The fourth-order valence-electron chi connectivity index (χ4n) is 2.01. The van der Waals surface area contributed by atoms with E-state index in [2.05, 4.69) is 0 Å². The molecule has 0 radical (unpaired) electrons. The van der Waals surface area contributed by atoms with Gasteiger partial charge in [-0.25, -0.2) is 0 Å². The highest BCUT2D eigenvalue weighted by molar-refractivity contribution is 6.31. The number of benzene rings is 2. The molecular weight excluding hydrogens is 289 g/mol. The number of carbonyl (C=O) groups is 1. The molecule has 0 fully saturated rings. The summed E-state index contributed by atoms with van der Waals surface area (Å²) in [6, 6.07) is 8.09. The summed E-state index contributed by atoms with van der Waals surface area (Å²) in [5.41, 5.74) is 1.19. The lowest BCUT2D eigenvalue weighted by Crippen LogP contribution is -2.05. The molecule has 0 aromatic heterocycles. The van der Waals surface area contributed by atoms with E-state index >= 15 is 0 Å². The van der Waals surface area contributed by atoms with Crippen LogP contribution in [0.3, 0.4) is 0 Å². The molecule has 0 heterocycles. The van der Waals surface area contributed by atoms with Crippen molar-refractivity contribution >= 4 is 17.9 Å². The average molecular weight is 299 g/mol. The Bertz CT molecular complexity index is 663. The predicted octanol–water partition coefficient (Wildman–Crippen LogP) is 5.15. The van der Waals surface area contributed by atoms with Gasteiger partial charge in [0.25, 0.3) is 0 Å². The van der Waals surface area contributed by atoms with Crippen LogP contribution in [0.1, 0.15) is 21.5 Å². The van der Waals surface area contributed by atoms with E-state index in [1.807, 2.05) is 0 Å². The van der Waals surface area contributed by atoms with Gasteiger partial charge in [-0.1, -0.05) is 17.7 Å². The van der Waals surface area contributed by atoms with E-state index in [1.54, 1.807) is 25.1 Å². The number of aldehydes is 1. The Morgan fingerprint density at radius 1 is 1.05 bits per heavy atom. The summed E-state index contributed by atoms with van der Waals surface area (Å²) >= 11 is 5.88. The van der Waals surface area contributed by atoms with Gasteiger partial charge in [-0.3, -0.25) is 4.79 Å². The van der Waals surface area contributed by atoms with Crippen molar-refractivity contribution in [3.05, 3.63) is 58.1 Å². The molecule has 2 aromatic carbocycles. The van der Waals surface area contributed by atoms with Gasteiger partial charge in [0, 0.05) is 10.6 Å². The minimum absolute atomic E-state index is 0.386. The van der Waals surface area contributed by atoms with Crippen molar-refractivity contribution in [1.29, 1.82) is 0 Å². The maximum absolute atomic E-state index is 12.6. The first-order valence-corrected chi connectivity index (χ1v) is 6.13. The van der Waals surface area contributed by atoms with Gasteiger partial charge >= 0.3 is 6.18 Å². The fourth-order valence-corrected chi connectivity index (χ4v) is 2.18. The average Bonchev–Trinajstić information content (AvgIpc) is 2.37. The van der Waals surface area contributed by atoms with Crippen LogP contribution >= 0.6 is 11.6 Å². The van der Waals surface area contributed by atoms with Gasteiger partial charge in [0.15, 0.2) is 6.29 Å². The maximum Gasteiger partial charge on any atom is 0.416 e. The number of halogens is 4. The lowest BCUT2D eigenvalue weighted by atomic mass is 9.95. The maximum atomic E-state index is 12.6. The summed E-state index contributed by atoms with van der Waals surface area (Å²) in [5, 5.41) is 0.421. The third kappa shape index (κ3) is 2.85. The van der Waals surface area contributed by atoms with Crippen LogP contribution in [0.4, 0.5) is 13.2 Å². The van der Waals surface area contributed by atoms with E-state index in [1.165, 1.54) is 6.07 Å². The Hall–Kier alpha value is -1.81. The van der Waals surface area contributed by atoms with Crippen LogP contribution in [0.2, 0.25) is 5.02 Å². The quantitative estimate of drug-likeness (QED) is 0.701. The molecule has 0 N–H and O–H groups in total. The number of rotatable bonds is 2. The number of carbonyl (C=O) groups excluding carboxylic acids is 1. The number of aryl methyl sites for hydroxylation is 1. The molecule has 0 spiro atoms. The zero-order valence-corrected chi connectivity index (χ0v) is 11.2. The Morgan fingerprint density at radius 3 is 2.30 bits per heavy atom. The highest BCUT2D eigenvalue weighted by atomic mass is 35.5. The molecule has 1 nitrogen and oxygen atoms in total. The van der Waals surface area contributed by atoms with E-state index in [4.69, 9.17) is 11.6 Å². The first kappa shape index (κ1) is 14.6. The summed E-state index contributed by atoms with van der Waals surface area (Å²) < 4.78 is 37.9. The molecular formula is C15H10ClF3O. The van der Waals surface area contributed by atoms with E-state index in [-0.39, 0.29) is 0 Å². The normalized spacial score (nSPS) is 11.4. The van der Waals surface area contributed by atoms with Crippen LogP contribution in [0.25, 0.3) is 11.1 Å². The topological polar surface area (TPSA) is 17.1 Å². The molecule has 5 heteroatoms. The minimum Gasteiger partial charge on any atom is -0.298 e. The molecule has 0 bridgehead atoms. The second-order valence-electron chi connectivity index (χ2n) is 4.38. The summed E-state index contributed by atoms with van der Waals surface area (Å²) in [6.07, 6.45) is -3.73. The molecule has 2 aromatic rings. The van der Waals surface area contributed by atoms with Crippen molar-refractivity contribution in [3.8, 4) is 11.1 Å². The van der Waals surface area contributed by atoms with E-state index in [0.717, 1.165) is 12.1 Å². The van der Waals surface area contributed by atoms with Gasteiger partial charge < -0.3 is 0 Å². The molecule has 20 heavy (non-hydrogen) atoms. The van der Waals surface area contributed by atoms with E-state index in [9.17, 15) is 18.0 Å². The predicted molar refractivity (Wildman–Crippen MR) is 72.0 cm³/mol. The van der Waals surface area contributed by atoms with Gasteiger partial charge in [0.05, 0.1) is 5.56 Å². The highest BCUT2D eigenvalue weighted by Gasteiger charge is 2.30. The Kier molecular flexibility index (Phi) is 3.86. The fraction of sp³-hybridized carbons (Fsp3) is 0.133. The third-order valence-electron chi connectivity index (χ3n) is 2.99. The first-order valence-electron chi connectivity index (χ1n) is 5.76. The van der Waals surface area contributed by atoms with Crippen LogP contribution in [-0.2, 0) is 6.18 Å². The van der Waals surface area contributed by atoms with Crippen LogP contribution in [0.15, 0.2) is 36.4 Å². The molecule has 0 atom stereocenters. The van der Waals surface area contributed by atoms with Crippen molar-refractivity contribution in [3.63, 3.8) is 0 Å². The van der Waals surface area contributed by atoms with Gasteiger partial charge in [0.2, 0.25) is 0 Å². The zero-order valence-electron chi connectivity index (χ0n) is 10.5. The van der Waals surface area contributed by atoms with E-state index < -0.39 is 11.7 Å². The van der Waals surface area contributed by atoms with Crippen LogP contribution in [0, 0.1) is 6.92 Å². The standard InChI is InChI=1S/C15H10ClF3O/c1-9-6-11(15(17,18)19)3-5-13(9)14-7-12(16)4-2-10(14)8-20/h2-8H,1H3. The molecule has 0 saturated heterocycles. The SMILES string of the molecule is Cc1cc(C(F)(F)F)ccc1-c1cc(Cl)ccc1C=O. The van der Waals surface area contributed by atoms with E-state index in [0.29, 0.717) is 33.6 Å². The van der Waals surface area contributed by atoms with Crippen molar-refractivity contribution in [2.75, 3.05) is 0 Å². The second-order valence-corrected chi connectivity index (χ2v) is 4.81. The molecule has 0 aliphatic carbocycles. The molecule has 0 amide bonds. The van der Waals surface area contributed by atoms with Gasteiger partial charge in [-0.05, 0) is 53.9 Å². The molecule has 2 rings (SSSR count). The summed E-state index contributed by atoms with van der Waals surface area (Å²) in [4.78, 5) is 11.0. The third-order valence-corrected chi connectivity index (χ3v) is 3.22. The molecule has 104 valence electrons. The molecule has 0 aliphatic rings. The lowest BCUT2D eigenvalue weighted by molar-refractivity contribution is -0.137.